The Morgan fingerprint density at radius 3 is 2.47 bits per heavy atom. The summed E-state index contributed by atoms with van der Waals surface area (Å²) in [6.45, 7) is 4.18. The maximum atomic E-state index is 11.5. The number of ether oxygens (including phenoxy) is 1. The summed E-state index contributed by atoms with van der Waals surface area (Å²) in [5.41, 5.74) is 0.900. The molecule has 0 aromatic rings. The Labute approximate surface area is 105 Å². The van der Waals surface area contributed by atoms with Crippen molar-refractivity contribution in [1.29, 1.82) is 0 Å². The first-order valence-corrected chi connectivity index (χ1v) is 7.14. The van der Waals surface area contributed by atoms with Gasteiger partial charge in [0.15, 0.2) is 0 Å². The molecule has 0 bridgehead atoms. The van der Waals surface area contributed by atoms with Gasteiger partial charge in [-0.2, -0.15) is 0 Å². The van der Waals surface area contributed by atoms with E-state index >= 15 is 0 Å². The first-order valence-electron chi connectivity index (χ1n) is 7.14. The molecule has 1 unspecified atom stereocenters. The fourth-order valence-electron chi connectivity index (χ4n) is 2.17. The summed E-state index contributed by atoms with van der Waals surface area (Å²) < 4.78 is 5.20. The summed E-state index contributed by atoms with van der Waals surface area (Å²) >= 11 is 0. The lowest BCUT2D eigenvalue weighted by Crippen LogP contribution is -2.20. The maximum absolute atomic E-state index is 11.5. The van der Waals surface area contributed by atoms with Gasteiger partial charge in [-0.15, -0.1) is 0 Å². The molecule has 0 aliphatic carbocycles. The van der Waals surface area contributed by atoms with Crippen molar-refractivity contribution in [2.75, 3.05) is 0 Å². The molecule has 1 aliphatic heterocycles. The highest BCUT2D eigenvalue weighted by atomic mass is 16.5. The lowest BCUT2D eigenvalue weighted by atomic mass is 10.0. The molecular formula is C15H26O2. The molecular weight excluding hydrogens is 212 g/mol. The predicted octanol–water partition coefficient (Wildman–Crippen LogP) is 4.39. The van der Waals surface area contributed by atoms with Gasteiger partial charge in [0.25, 0.3) is 0 Å². The van der Waals surface area contributed by atoms with Gasteiger partial charge < -0.3 is 4.74 Å². The van der Waals surface area contributed by atoms with E-state index < -0.39 is 0 Å². The monoisotopic (exact) mass is 238 g/mol. The molecule has 0 radical (unpaired) electrons. The third-order valence-corrected chi connectivity index (χ3v) is 3.32. The van der Waals surface area contributed by atoms with Crippen LogP contribution in [-0.4, -0.2) is 12.1 Å². The number of hydrogen-bond donors (Lipinski definition) is 0. The van der Waals surface area contributed by atoms with E-state index in [1.54, 1.807) is 0 Å². The van der Waals surface area contributed by atoms with E-state index in [1.807, 2.05) is 6.92 Å². The molecule has 1 heterocycles. The minimum absolute atomic E-state index is 0.0697. The van der Waals surface area contributed by atoms with Crippen LogP contribution >= 0.6 is 0 Å². The van der Waals surface area contributed by atoms with Crippen molar-refractivity contribution in [1.82, 2.24) is 0 Å². The first-order chi connectivity index (χ1) is 8.24. The van der Waals surface area contributed by atoms with Crippen LogP contribution in [0.15, 0.2) is 11.6 Å². The fraction of sp³-hybridized carbons (Fsp3) is 0.800. The van der Waals surface area contributed by atoms with Crippen LogP contribution in [0.4, 0.5) is 0 Å². The molecule has 0 saturated heterocycles. The molecule has 0 aromatic carbocycles. The number of esters is 1. The van der Waals surface area contributed by atoms with Crippen molar-refractivity contribution < 1.29 is 9.53 Å². The van der Waals surface area contributed by atoms with Crippen LogP contribution in [0.3, 0.4) is 0 Å². The standard InChI is InChI=1S/C15H26O2/c1-3-4-5-6-7-8-9-10-14-12-11-13(2)17-15(14)16/h12-13H,3-11H2,1-2H3. The van der Waals surface area contributed by atoms with Crippen molar-refractivity contribution in [3.8, 4) is 0 Å². The second-order valence-corrected chi connectivity index (χ2v) is 5.05. The zero-order valence-electron chi connectivity index (χ0n) is 11.3. The predicted molar refractivity (Wildman–Crippen MR) is 70.9 cm³/mol. The molecule has 2 heteroatoms. The summed E-state index contributed by atoms with van der Waals surface area (Å²) in [6.07, 6.45) is 13.0. The van der Waals surface area contributed by atoms with Gasteiger partial charge in [-0.1, -0.05) is 51.5 Å². The molecule has 0 aromatic heterocycles. The zero-order chi connectivity index (χ0) is 12.5. The molecule has 17 heavy (non-hydrogen) atoms. The van der Waals surface area contributed by atoms with Crippen molar-refractivity contribution in [2.24, 2.45) is 0 Å². The Hall–Kier alpha value is -0.790. The average Bonchev–Trinajstić information content (AvgIpc) is 2.30. The van der Waals surface area contributed by atoms with E-state index in [4.69, 9.17) is 4.74 Å². The quantitative estimate of drug-likeness (QED) is 0.463. The largest absolute Gasteiger partial charge is 0.459 e. The van der Waals surface area contributed by atoms with Crippen LogP contribution in [-0.2, 0) is 9.53 Å². The highest BCUT2D eigenvalue weighted by Crippen LogP contribution is 2.19. The molecule has 0 saturated carbocycles. The van der Waals surface area contributed by atoms with E-state index in [-0.39, 0.29) is 12.1 Å². The van der Waals surface area contributed by atoms with Crippen LogP contribution in [0.2, 0.25) is 0 Å². The summed E-state index contributed by atoms with van der Waals surface area (Å²) in [5, 5.41) is 0. The zero-order valence-corrected chi connectivity index (χ0v) is 11.3. The van der Waals surface area contributed by atoms with Crippen LogP contribution in [0.1, 0.15) is 71.6 Å². The first kappa shape index (κ1) is 14.3. The van der Waals surface area contributed by atoms with Gasteiger partial charge in [0.1, 0.15) is 6.10 Å². The Bertz CT molecular complexity index is 256. The Morgan fingerprint density at radius 1 is 1.18 bits per heavy atom. The SMILES string of the molecule is CCCCCCCCCC1=CCC(C)OC1=O. The Balaban J connectivity index is 2.04. The number of rotatable bonds is 8. The maximum Gasteiger partial charge on any atom is 0.333 e. The van der Waals surface area contributed by atoms with Crippen molar-refractivity contribution in [3.05, 3.63) is 11.6 Å². The van der Waals surface area contributed by atoms with Crippen LogP contribution in [0, 0.1) is 0 Å². The topological polar surface area (TPSA) is 26.3 Å². The van der Waals surface area contributed by atoms with Crippen LogP contribution in [0.5, 0.6) is 0 Å². The number of unbranched alkanes of at least 4 members (excludes halogenated alkanes) is 6. The summed E-state index contributed by atoms with van der Waals surface area (Å²) in [5.74, 6) is -0.0882. The second-order valence-electron chi connectivity index (χ2n) is 5.05. The second kappa shape index (κ2) is 8.32. The highest BCUT2D eigenvalue weighted by molar-refractivity contribution is 5.89. The summed E-state index contributed by atoms with van der Waals surface area (Å²) in [4.78, 5) is 11.5. The number of cyclic esters (lactones) is 1. The van der Waals surface area contributed by atoms with E-state index in [1.165, 1.54) is 38.5 Å². The van der Waals surface area contributed by atoms with Gasteiger partial charge in [-0.25, -0.2) is 4.79 Å². The van der Waals surface area contributed by atoms with Crippen molar-refractivity contribution in [3.63, 3.8) is 0 Å². The van der Waals surface area contributed by atoms with E-state index in [0.29, 0.717) is 0 Å². The molecule has 98 valence electrons. The molecule has 0 spiro atoms. The summed E-state index contributed by atoms with van der Waals surface area (Å²) in [6, 6.07) is 0. The minimum Gasteiger partial charge on any atom is -0.459 e. The minimum atomic E-state index is -0.0882. The third kappa shape index (κ3) is 5.90. The highest BCUT2D eigenvalue weighted by Gasteiger charge is 2.18. The molecule has 0 amide bonds. The number of carbonyl (C=O) groups is 1. The third-order valence-electron chi connectivity index (χ3n) is 3.32. The van der Waals surface area contributed by atoms with E-state index in [0.717, 1.165) is 24.8 Å². The summed E-state index contributed by atoms with van der Waals surface area (Å²) in [7, 11) is 0. The van der Waals surface area contributed by atoms with Gasteiger partial charge in [-0.3, -0.25) is 0 Å². The number of hydrogen-bond acceptors (Lipinski definition) is 2. The Morgan fingerprint density at radius 2 is 1.82 bits per heavy atom. The van der Waals surface area contributed by atoms with Gasteiger partial charge in [0.2, 0.25) is 0 Å². The van der Waals surface area contributed by atoms with Gasteiger partial charge in [-0.05, 0) is 19.8 Å². The van der Waals surface area contributed by atoms with Crippen LogP contribution in [0.25, 0.3) is 0 Å². The smallest absolute Gasteiger partial charge is 0.333 e. The van der Waals surface area contributed by atoms with Gasteiger partial charge in [0.05, 0.1) is 0 Å². The average molecular weight is 238 g/mol. The lowest BCUT2D eigenvalue weighted by molar-refractivity contribution is -0.144. The van der Waals surface area contributed by atoms with E-state index in [2.05, 4.69) is 13.0 Å². The fourth-order valence-corrected chi connectivity index (χ4v) is 2.17. The molecule has 0 N–H and O–H groups in total. The number of carbonyl (C=O) groups excluding carboxylic acids is 1. The molecule has 1 aliphatic rings. The van der Waals surface area contributed by atoms with Gasteiger partial charge >= 0.3 is 5.97 Å². The molecule has 0 fully saturated rings. The van der Waals surface area contributed by atoms with Crippen molar-refractivity contribution >= 4 is 5.97 Å². The van der Waals surface area contributed by atoms with Crippen molar-refractivity contribution in [2.45, 2.75) is 77.7 Å². The molecule has 2 nitrogen and oxygen atoms in total. The Kier molecular flexibility index (Phi) is 6.99. The normalized spacial score (nSPS) is 20.0. The van der Waals surface area contributed by atoms with Gasteiger partial charge in [0, 0.05) is 12.0 Å². The lowest BCUT2D eigenvalue weighted by Gasteiger charge is -2.18. The van der Waals surface area contributed by atoms with E-state index in [9.17, 15) is 4.79 Å². The van der Waals surface area contributed by atoms with Crippen LogP contribution < -0.4 is 0 Å². The molecule has 1 atom stereocenters. The molecule has 1 rings (SSSR count).